The predicted molar refractivity (Wildman–Crippen MR) is 71.1 cm³/mol. The van der Waals surface area contributed by atoms with Crippen LogP contribution in [0.4, 0.5) is 0 Å². The number of hydrogen-bond acceptors (Lipinski definition) is 6. The minimum atomic E-state index is -0.695. The van der Waals surface area contributed by atoms with E-state index >= 15 is 0 Å². The van der Waals surface area contributed by atoms with Gasteiger partial charge in [0.15, 0.2) is 11.2 Å². The van der Waals surface area contributed by atoms with Crippen molar-refractivity contribution in [1.82, 2.24) is 19.1 Å². The lowest BCUT2D eigenvalue weighted by Crippen LogP contribution is -2.22. The number of rotatable bonds is 2. The molecular weight excluding hydrogens is 286 g/mol. The van der Waals surface area contributed by atoms with Crippen molar-refractivity contribution in [3.05, 3.63) is 29.0 Å². The first kappa shape index (κ1) is 12.5. The molecule has 0 aromatic carbocycles. The van der Waals surface area contributed by atoms with E-state index in [0.29, 0.717) is 11.5 Å². The Morgan fingerprint density at radius 1 is 1.50 bits per heavy atom. The summed E-state index contributed by atoms with van der Waals surface area (Å²) in [6.45, 7) is 0. The highest BCUT2D eigenvalue weighted by molar-refractivity contribution is 6.26. The number of carbonyl (C=O) groups excluding carboxylic acids is 1. The van der Waals surface area contributed by atoms with E-state index < -0.39 is 11.5 Å². The number of esters is 1. The molecule has 0 aliphatic carbocycles. The van der Waals surface area contributed by atoms with E-state index in [9.17, 15) is 9.59 Å². The monoisotopic (exact) mass is 293 g/mol. The van der Waals surface area contributed by atoms with Gasteiger partial charge in [-0.15, -0.1) is 11.6 Å². The number of aliphatic imine (C=N–C) groups is 1. The van der Waals surface area contributed by atoms with Crippen molar-refractivity contribution in [2.45, 2.75) is 0 Å². The van der Waals surface area contributed by atoms with Crippen molar-refractivity contribution < 1.29 is 9.53 Å². The zero-order chi connectivity index (χ0) is 14.3. The zero-order valence-electron chi connectivity index (χ0n) is 10.3. The van der Waals surface area contributed by atoms with Gasteiger partial charge >= 0.3 is 17.5 Å². The molecule has 20 heavy (non-hydrogen) atoms. The molecule has 8 nitrogen and oxygen atoms in total. The first-order valence-corrected chi connectivity index (χ1v) is 6.10. The highest BCUT2D eigenvalue weighted by atomic mass is 35.5. The van der Waals surface area contributed by atoms with Crippen LogP contribution in [0, 0.1) is 0 Å². The lowest BCUT2D eigenvalue weighted by molar-refractivity contribution is -0.132. The van der Waals surface area contributed by atoms with Crippen molar-refractivity contribution in [3.63, 3.8) is 0 Å². The molecule has 3 heterocycles. The number of allylic oxidation sites excluding steroid dienone is 1. The molecule has 0 fully saturated rings. The molecule has 0 atom stereocenters. The van der Waals surface area contributed by atoms with Crippen LogP contribution in [0.5, 0.6) is 6.01 Å². The predicted octanol–water partition coefficient (Wildman–Crippen LogP) is 0.0481. The third kappa shape index (κ3) is 1.81. The summed E-state index contributed by atoms with van der Waals surface area (Å²) in [5.41, 5.74) is 0.0441. The molecule has 0 radical (unpaired) electrons. The van der Waals surface area contributed by atoms with Gasteiger partial charge in [0.2, 0.25) is 0 Å². The summed E-state index contributed by atoms with van der Waals surface area (Å²) in [7, 11) is 1.58. The molecule has 1 aliphatic rings. The summed E-state index contributed by atoms with van der Waals surface area (Å²) in [5, 5.41) is 0. The van der Waals surface area contributed by atoms with Gasteiger partial charge in [0, 0.05) is 13.2 Å². The number of fused-ring (bicyclic) bond motifs is 1. The van der Waals surface area contributed by atoms with Crippen molar-refractivity contribution >= 4 is 34.6 Å². The maximum absolute atomic E-state index is 12.1. The van der Waals surface area contributed by atoms with Gasteiger partial charge < -0.3 is 4.74 Å². The number of aromatic nitrogens is 4. The Kier molecular flexibility index (Phi) is 2.87. The van der Waals surface area contributed by atoms with Gasteiger partial charge in [-0.3, -0.25) is 18.7 Å². The van der Waals surface area contributed by atoms with Crippen molar-refractivity contribution in [2.24, 2.45) is 12.0 Å². The molecular formula is C11H8ClN5O3. The van der Waals surface area contributed by atoms with Gasteiger partial charge in [-0.25, -0.2) is 9.98 Å². The standard InChI is InChI=1S/C11H8ClN5O3/c1-16-9-8(17(5-14-9)6-2-3-13-6)10(19)15-11(16)20-7(18)4-12/h2-3,5H,4H2,1H3. The topological polar surface area (TPSA) is 91.4 Å². The summed E-state index contributed by atoms with van der Waals surface area (Å²) in [5.74, 6) is -0.430. The van der Waals surface area contributed by atoms with E-state index in [4.69, 9.17) is 16.3 Å². The lowest BCUT2D eigenvalue weighted by Gasteiger charge is -2.09. The number of nitrogens with zero attached hydrogens (tertiary/aromatic N) is 5. The second kappa shape index (κ2) is 4.57. The van der Waals surface area contributed by atoms with Gasteiger partial charge in [0.05, 0.1) is 0 Å². The number of aryl methyl sites for hydroxylation is 1. The van der Waals surface area contributed by atoms with E-state index in [1.165, 1.54) is 15.5 Å². The van der Waals surface area contributed by atoms with E-state index in [-0.39, 0.29) is 17.4 Å². The van der Waals surface area contributed by atoms with E-state index in [0.717, 1.165) is 0 Å². The second-order valence-electron chi connectivity index (χ2n) is 3.96. The molecule has 0 bridgehead atoms. The Labute approximate surface area is 117 Å². The normalized spacial score (nSPS) is 13.2. The Bertz CT molecular complexity index is 832. The molecule has 9 heteroatoms. The number of imidazole rings is 1. The SMILES string of the molecule is Cn1c(OC(=O)CCl)nc(=O)c2c1ncn2C1=NC=C1. The molecule has 1 aliphatic heterocycles. The molecule has 2 aromatic heterocycles. The average Bonchev–Trinajstić information content (AvgIpc) is 2.78. The Balaban J connectivity index is 2.17. The number of ether oxygens (including phenoxy) is 1. The number of halogens is 1. The summed E-state index contributed by atoms with van der Waals surface area (Å²) in [6, 6.07) is -0.149. The third-order valence-corrected chi connectivity index (χ3v) is 2.96. The fourth-order valence-electron chi connectivity index (χ4n) is 1.77. The summed E-state index contributed by atoms with van der Waals surface area (Å²) < 4.78 is 7.81. The maximum atomic E-state index is 12.1. The van der Waals surface area contributed by atoms with Gasteiger partial charge in [0.1, 0.15) is 18.0 Å². The molecule has 102 valence electrons. The van der Waals surface area contributed by atoms with Crippen LogP contribution in [0.25, 0.3) is 11.2 Å². The Morgan fingerprint density at radius 2 is 2.25 bits per heavy atom. The Hall–Kier alpha value is -2.48. The molecule has 0 saturated heterocycles. The van der Waals surface area contributed by atoms with Crippen LogP contribution in [-0.4, -0.2) is 36.8 Å². The molecule has 3 rings (SSSR count). The van der Waals surface area contributed by atoms with Crippen LogP contribution in [0.1, 0.15) is 0 Å². The highest BCUT2D eigenvalue weighted by Crippen LogP contribution is 2.15. The van der Waals surface area contributed by atoms with E-state index in [2.05, 4.69) is 15.0 Å². The number of alkyl halides is 1. The maximum Gasteiger partial charge on any atom is 0.328 e. The lowest BCUT2D eigenvalue weighted by atomic mass is 10.4. The second-order valence-corrected chi connectivity index (χ2v) is 4.22. The van der Waals surface area contributed by atoms with Crippen LogP contribution < -0.4 is 10.3 Å². The minimum Gasteiger partial charge on any atom is -0.391 e. The van der Waals surface area contributed by atoms with Crippen molar-refractivity contribution in [1.29, 1.82) is 0 Å². The highest BCUT2D eigenvalue weighted by Gasteiger charge is 2.18. The Morgan fingerprint density at radius 3 is 2.85 bits per heavy atom. The minimum absolute atomic E-state index is 0.149. The summed E-state index contributed by atoms with van der Waals surface area (Å²) in [4.78, 5) is 35.1. The molecule has 0 amide bonds. The van der Waals surface area contributed by atoms with E-state index in [1.807, 2.05) is 0 Å². The first-order valence-electron chi connectivity index (χ1n) is 5.57. The summed E-state index contributed by atoms with van der Waals surface area (Å²) in [6.07, 6.45) is 4.81. The van der Waals surface area contributed by atoms with Crippen LogP contribution in [0.15, 0.2) is 28.4 Å². The van der Waals surface area contributed by atoms with E-state index in [1.54, 1.807) is 19.3 Å². The number of carbonyl (C=O) groups is 1. The first-order chi connectivity index (χ1) is 9.61. The average molecular weight is 294 g/mol. The smallest absolute Gasteiger partial charge is 0.328 e. The van der Waals surface area contributed by atoms with Crippen molar-refractivity contribution in [3.8, 4) is 6.01 Å². The van der Waals surface area contributed by atoms with Crippen LogP contribution in [0.2, 0.25) is 0 Å². The van der Waals surface area contributed by atoms with Crippen LogP contribution in [-0.2, 0) is 11.8 Å². The van der Waals surface area contributed by atoms with Gasteiger partial charge in [0.25, 0.3) is 0 Å². The molecule has 0 N–H and O–H groups in total. The fourth-order valence-corrected chi connectivity index (χ4v) is 1.82. The largest absolute Gasteiger partial charge is 0.391 e. The summed E-state index contributed by atoms with van der Waals surface area (Å²) >= 11 is 5.35. The molecule has 2 aromatic rings. The number of hydrogen-bond donors (Lipinski definition) is 0. The fraction of sp³-hybridized carbons (Fsp3) is 0.182. The quantitative estimate of drug-likeness (QED) is 0.576. The molecule has 0 spiro atoms. The van der Waals surface area contributed by atoms with Crippen LogP contribution >= 0.6 is 11.6 Å². The third-order valence-electron chi connectivity index (χ3n) is 2.74. The van der Waals surface area contributed by atoms with Gasteiger partial charge in [-0.2, -0.15) is 4.98 Å². The van der Waals surface area contributed by atoms with Gasteiger partial charge in [-0.1, -0.05) is 0 Å². The van der Waals surface area contributed by atoms with Gasteiger partial charge in [-0.05, 0) is 6.08 Å². The zero-order valence-corrected chi connectivity index (χ0v) is 11.0. The van der Waals surface area contributed by atoms with Crippen molar-refractivity contribution in [2.75, 3.05) is 5.88 Å². The van der Waals surface area contributed by atoms with Crippen LogP contribution in [0.3, 0.4) is 0 Å². The molecule has 0 unspecified atom stereocenters. The molecule has 0 saturated carbocycles.